The molecule has 6 nitrogen and oxygen atoms in total. The van der Waals surface area contributed by atoms with Gasteiger partial charge in [-0.05, 0) is 104 Å². The van der Waals surface area contributed by atoms with Crippen LogP contribution in [-0.2, 0) is 9.59 Å². The van der Waals surface area contributed by atoms with Gasteiger partial charge in [-0.25, -0.2) is 0 Å². The summed E-state index contributed by atoms with van der Waals surface area (Å²) < 4.78 is 2.37. The summed E-state index contributed by atoms with van der Waals surface area (Å²) in [6.07, 6.45) is 0.735. The number of rotatable bonds is 7. The van der Waals surface area contributed by atoms with Gasteiger partial charge in [0.15, 0.2) is 0 Å². The van der Waals surface area contributed by atoms with E-state index < -0.39 is 5.97 Å². The van der Waals surface area contributed by atoms with Gasteiger partial charge in [0.25, 0.3) is 5.91 Å². The van der Waals surface area contributed by atoms with Crippen molar-refractivity contribution in [2.45, 2.75) is 32.6 Å². The molecule has 0 radical (unpaired) electrons. The predicted octanol–water partition coefficient (Wildman–Crippen LogP) is 5.70. The molecule has 0 aliphatic heterocycles. The van der Waals surface area contributed by atoms with E-state index in [2.05, 4.69) is 73.1 Å². The minimum Gasteiger partial charge on any atom is -0.481 e. The van der Waals surface area contributed by atoms with Crippen LogP contribution < -0.4 is 10.2 Å². The number of carboxylic acids is 1. The van der Waals surface area contributed by atoms with E-state index in [0.29, 0.717) is 26.9 Å². The molecule has 2 aromatic carbocycles. The van der Waals surface area contributed by atoms with Crippen molar-refractivity contribution in [1.82, 2.24) is 0 Å². The minimum absolute atomic E-state index is 0.0432. The molecule has 0 bridgehead atoms. The second-order valence-corrected chi connectivity index (χ2v) is 10.1. The van der Waals surface area contributed by atoms with E-state index in [9.17, 15) is 14.4 Å². The molecule has 0 aliphatic carbocycles. The van der Waals surface area contributed by atoms with Crippen LogP contribution >= 0.6 is 67.8 Å². The molecule has 160 valence electrons. The maximum Gasteiger partial charge on any atom is 0.303 e. The van der Waals surface area contributed by atoms with E-state index in [1.807, 2.05) is 31.2 Å². The summed E-state index contributed by atoms with van der Waals surface area (Å²) in [5.41, 5.74) is 2.69. The van der Waals surface area contributed by atoms with Gasteiger partial charge in [0.2, 0.25) is 5.91 Å². The van der Waals surface area contributed by atoms with Gasteiger partial charge >= 0.3 is 5.97 Å². The summed E-state index contributed by atoms with van der Waals surface area (Å²) in [7, 11) is 1.69. The maximum atomic E-state index is 13.1. The van der Waals surface area contributed by atoms with E-state index in [4.69, 9.17) is 5.11 Å². The fraction of sp³-hybridized carbons (Fsp3) is 0.286. The first-order chi connectivity index (χ1) is 14.1. The van der Waals surface area contributed by atoms with E-state index >= 15 is 0 Å². The van der Waals surface area contributed by atoms with Crippen LogP contribution in [0.25, 0.3) is 0 Å². The molecule has 0 aliphatic rings. The van der Waals surface area contributed by atoms with Gasteiger partial charge in [-0.15, -0.1) is 0 Å². The predicted molar refractivity (Wildman–Crippen MR) is 143 cm³/mol. The van der Waals surface area contributed by atoms with Crippen LogP contribution in [0.3, 0.4) is 0 Å². The highest BCUT2D eigenvalue weighted by Crippen LogP contribution is 2.34. The Labute approximate surface area is 216 Å². The molecule has 0 heterocycles. The van der Waals surface area contributed by atoms with Crippen LogP contribution in [-0.4, -0.2) is 29.9 Å². The summed E-state index contributed by atoms with van der Waals surface area (Å²) in [5, 5.41) is 12.1. The SMILES string of the molecule is CCC(CC(=O)O)c1cccc(NC(=O)c2c(I)cc(I)c(N(C)C(C)=O)c2I)c1. The number of carbonyl (C=O) groups is 3. The number of anilines is 2. The van der Waals surface area contributed by atoms with Crippen LogP contribution in [0.2, 0.25) is 0 Å². The number of carbonyl (C=O) groups excluding carboxylic acids is 2. The topological polar surface area (TPSA) is 86.7 Å². The van der Waals surface area contributed by atoms with Gasteiger partial charge in [0.05, 0.1) is 21.2 Å². The van der Waals surface area contributed by atoms with Gasteiger partial charge in [0, 0.05) is 26.8 Å². The van der Waals surface area contributed by atoms with Crippen molar-refractivity contribution < 1.29 is 19.5 Å². The second kappa shape index (κ2) is 11.1. The molecular formula is C21H21I3N2O4. The molecule has 1 unspecified atom stereocenters. The van der Waals surface area contributed by atoms with Crippen LogP contribution in [0.5, 0.6) is 0 Å². The summed E-state index contributed by atoms with van der Waals surface area (Å²) >= 11 is 6.40. The molecule has 30 heavy (non-hydrogen) atoms. The number of halogens is 3. The Morgan fingerprint density at radius 1 is 1.13 bits per heavy atom. The van der Waals surface area contributed by atoms with Crippen molar-refractivity contribution in [1.29, 1.82) is 0 Å². The lowest BCUT2D eigenvalue weighted by molar-refractivity contribution is -0.137. The molecule has 2 N–H and O–H groups in total. The minimum atomic E-state index is -0.846. The third kappa shape index (κ3) is 6.05. The number of hydrogen-bond donors (Lipinski definition) is 2. The Bertz CT molecular complexity index is 994. The van der Waals surface area contributed by atoms with Crippen molar-refractivity contribution in [3.8, 4) is 0 Å². The molecule has 2 amide bonds. The first-order valence-corrected chi connectivity index (χ1v) is 12.3. The van der Waals surface area contributed by atoms with Crippen molar-refractivity contribution >= 4 is 96.9 Å². The molecule has 9 heteroatoms. The van der Waals surface area contributed by atoms with Gasteiger partial charge < -0.3 is 15.3 Å². The zero-order chi connectivity index (χ0) is 22.6. The van der Waals surface area contributed by atoms with Crippen molar-refractivity contribution in [2.24, 2.45) is 0 Å². The van der Waals surface area contributed by atoms with Crippen molar-refractivity contribution in [3.05, 3.63) is 52.2 Å². The molecule has 0 fully saturated rings. The van der Waals surface area contributed by atoms with Crippen LogP contribution in [0.15, 0.2) is 30.3 Å². The number of nitrogens with zero attached hydrogens (tertiary/aromatic N) is 1. The lowest BCUT2D eigenvalue weighted by atomic mass is 9.93. The molecule has 2 rings (SSSR count). The van der Waals surface area contributed by atoms with Gasteiger partial charge in [0.1, 0.15) is 0 Å². The first kappa shape index (κ1) is 25.3. The van der Waals surface area contributed by atoms with Gasteiger partial charge in [-0.2, -0.15) is 0 Å². The second-order valence-electron chi connectivity index (χ2n) is 6.74. The summed E-state index contributed by atoms with van der Waals surface area (Å²) in [4.78, 5) is 37.7. The Hall–Kier alpha value is -0.960. The van der Waals surface area contributed by atoms with Crippen LogP contribution in [0.4, 0.5) is 11.4 Å². The van der Waals surface area contributed by atoms with E-state index in [1.165, 1.54) is 11.8 Å². The average molecular weight is 746 g/mol. The highest BCUT2D eigenvalue weighted by molar-refractivity contribution is 14.1. The number of hydrogen-bond acceptors (Lipinski definition) is 3. The van der Waals surface area contributed by atoms with Gasteiger partial charge in [-0.1, -0.05) is 19.1 Å². The molecular weight excluding hydrogens is 725 g/mol. The Morgan fingerprint density at radius 3 is 2.37 bits per heavy atom. The quantitative estimate of drug-likeness (QED) is 0.356. The Kier molecular flexibility index (Phi) is 9.33. The number of nitrogens with one attached hydrogen (secondary N) is 1. The van der Waals surface area contributed by atoms with Crippen LogP contribution in [0, 0.1) is 10.7 Å². The Morgan fingerprint density at radius 2 is 1.80 bits per heavy atom. The molecule has 1 atom stereocenters. The molecule has 2 aromatic rings. The number of carboxylic acid groups (broad SMARTS) is 1. The molecule has 0 saturated heterocycles. The van der Waals surface area contributed by atoms with Crippen molar-refractivity contribution in [2.75, 3.05) is 17.3 Å². The third-order valence-electron chi connectivity index (χ3n) is 4.71. The normalized spacial score (nSPS) is 11.7. The average Bonchev–Trinajstić information content (AvgIpc) is 2.65. The van der Waals surface area contributed by atoms with Gasteiger partial charge in [-0.3, -0.25) is 14.4 Å². The number of aliphatic carboxylic acids is 1. The zero-order valence-electron chi connectivity index (χ0n) is 16.6. The zero-order valence-corrected chi connectivity index (χ0v) is 23.1. The smallest absolute Gasteiger partial charge is 0.303 e. The number of benzene rings is 2. The van der Waals surface area contributed by atoms with Crippen LogP contribution in [0.1, 0.15) is 48.5 Å². The maximum absolute atomic E-state index is 13.1. The lowest BCUT2D eigenvalue weighted by Gasteiger charge is -2.21. The molecule has 0 saturated carbocycles. The summed E-state index contributed by atoms with van der Waals surface area (Å²) in [6.45, 7) is 3.43. The highest BCUT2D eigenvalue weighted by atomic mass is 127. The van der Waals surface area contributed by atoms with E-state index in [0.717, 1.165) is 12.7 Å². The summed E-state index contributed by atoms with van der Waals surface area (Å²) in [5.74, 6) is -1.35. The largest absolute Gasteiger partial charge is 0.481 e. The van der Waals surface area contributed by atoms with E-state index in [1.54, 1.807) is 13.1 Å². The number of amides is 2. The standard InChI is InChI=1S/C21H21I3N2O4/c1-4-12(9-17(28)29)13-6-5-7-14(8-13)25-21(30)18-15(22)10-16(23)20(19(18)24)26(3)11(2)27/h5-8,10,12H,4,9H2,1-3H3,(H,25,30)(H,28,29). The van der Waals surface area contributed by atoms with Crippen molar-refractivity contribution in [3.63, 3.8) is 0 Å². The molecule has 0 aromatic heterocycles. The lowest BCUT2D eigenvalue weighted by Crippen LogP contribution is -2.26. The van der Waals surface area contributed by atoms with E-state index in [-0.39, 0.29) is 24.2 Å². The highest BCUT2D eigenvalue weighted by Gasteiger charge is 2.23. The molecule has 0 spiro atoms. The fourth-order valence-electron chi connectivity index (χ4n) is 3.03. The monoisotopic (exact) mass is 746 g/mol. The fourth-order valence-corrected chi connectivity index (χ4v) is 7.61. The third-order valence-corrected chi connectivity index (χ3v) is 7.43. The Balaban J connectivity index is 2.39. The first-order valence-electron chi connectivity index (χ1n) is 9.11. The summed E-state index contributed by atoms with van der Waals surface area (Å²) in [6, 6.07) is 9.18.